The minimum absolute atomic E-state index is 0.00569. The molecule has 0 bridgehead atoms. The van der Waals surface area contributed by atoms with Gasteiger partial charge in [0.05, 0.1) is 0 Å². The van der Waals surface area contributed by atoms with Crippen molar-refractivity contribution >= 4 is 30.9 Å². The molecule has 0 rings (SSSR count). The zero-order valence-corrected chi connectivity index (χ0v) is 24.8. The van der Waals surface area contributed by atoms with Gasteiger partial charge in [0.2, 0.25) is 5.91 Å². The van der Waals surface area contributed by atoms with Gasteiger partial charge in [0.15, 0.2) is 19.2 Å². The highest BCUT2D eigenvalue weighted by Gasteiger charge is 2.27. The molecule has 3 N–H and O–H groups in total. The van der Waals surface area contributed by atoms with Gasteiger partial charge in [-0.3, -0.25) is 19.2 Å². The number of Topliss-reactive ketones (excluding diaryl/α,β-unsaturated/α-hetero) is 1. The molecule has 216 valence electrons. The maximum Gasteiger partial charge on any atom is 0.217 e. The molecule has 0 aromatic heterocycles. The van der Waals surface area contributed by atoms with E-state index in [0.29, 0.717) is 12.8 Å². The molecule has 0 aromatic carbocycles. The molecule has 0 aliphatic carbocycles. The van der Waals surface area contributed by atoms with E-state index in [1.165, 1.54) is 77.6 Å². The monoisotopic (exact) mass is 542 g/mol. The molecule has 0 heterocycles. The van der Waals surface area contributed by atoms with Gasteiger partial charge in [-0.25, -0.2) is 0 Å². The summed E-state index contributed by atoms with van der Waals surface area (Å²) in [7, 11) is -0.569. The predicted octanol–water partition coefficient (Wildman–Crippen LogP) is 6.54. The summed E-state index contributed by atoms with van der Waals surface area (Å²) in [6.45, 7) is 4.36. The number of carbonyl (C=O) groups is 4. The van der Waals surface area contributed by atoms with Crippen LogP contribution < -0.4 is 10.6 Å². The smallest absolute Gasteiger partial charge is 0.217 e. The van der Waals surface area contributed by atoms with Gasteiger partial charge in [0, 0.05) is 38.6 Å². The van der Waals surface area contributed by atoms with Crippen molar-refractivity contribution in [3.05, 3.63) is 0 Å². The molecule has 0 saturated carbocycles. The second kappa shape index (κ2) is 25.1. The fourth-order valence-corrected chi connectivity index (χ4v) is 5.52. The van der Waals surface area contributed by atoms with E-state index >= 15 is 0 Å². The predicted molar refractivity (Wildman–Crippen MR) is 154 cm³/mol. The maximum atomic E-state index is 12.4. The van der Waals surface area contributed by atoms with Crippen LogP contribution in [0.3, 0.4) is 0 Å². The number of amides is 1. The van der Waals surface area contributed by atoms with Crippen LogP contribution in [-0.4, -0.2) is 47.3 Å². The van der Waals surface area contributed by atoms with E-state index in [4.69, 9.17) is 0 Å². The van der Waals surface area contributed by atoms with Crippen molar-refractivity contribution in [2.45, 2.75) is 148 Å². The van der Waals surface area contributed by atoms with E-state index in [1.807, 2.05) is 7.05 Å². The normalized spacial score (nSPS) is 12.8. The largest absolute Gasteiger partial charge is 0.360 e. The number of carbonyl (C=O) groups excluding carboxylic acids is 4. The number of hydrogen-bond donors (Lipinski definition) is 3. The molecule has 1 amide bonds. The van der Waals surface area contributed by atoms with Crippen LogP contribution >= 0.6 is 8.15 Å². The summed E-state index contributed by atoms with van der Waals surface area (Å²) in [6.07, 6.45) is 19.4. The van der Waals surface area contributed by atoms with Gasteiger partial charge in [0.25, 0.3) is 0 Å². The second-order valence-electron chi connectivity index (χ2n) is 10.4. The highest BCUT2D eigenvalue weighted by atomic mass is 31.1. The molecule has 0 saturated heterocycles. The Morgan fingerprint density at radius 1 is 0.676 bits per heavy atom. The third-order valence-electron chi connectivity index (χ3n) is 6.65. The van der Waals surface area contributed by atoms with Crippen molar-refractivity contribution in [1.29, 1.82) is 0 Å². The summed E-state index contributed by atoms with van der Waals surface area (Å²) in [5.41, 5.74) is -1.01. The van der Waals surface area contributed by atoms with Gasteiger partial charge < -0.3 is 15.5 Å². The number of hydrogen-bond acceptors (Lipinski definition) is 6. The van der Waals surface area contributed by atoms with Crippen molar-refractivity contribution in [1.82, 2.24) is 10.6 Å². The second-order valence-corrected chi connectivity index (χ2v) is 12.0. The van der Waals surface area contributed by atoms with E-state index in [1.54, 1.807) is 0 Å². The first-order chi connectivity index (χ1) is 17.8. The van der Waals surface area contributed by atoms with Crippen molar-refractivity contribution in [3.63, 3.8) is 0 Å². The number of rotatable bonds is 27. The zero-order chi connectivity index (χ0) is 27.7. The Balaban J connectivity index is 4.04. The van der Waals surface area contributed by atoms with Gasteiger partial charge in [-0.05, 0) is 32.9 Å². The van der Waals surface area contributed by atoms with Gasteiger partial charge in [-0.1, -0.05) is 90.4 Å². The molecule has 0 radical (unpaired) electrons. The quantitative estimate of drug-likeness (QED) is 0.0802. The van der Waals surface area contributed by atoms with Crippen molar-refractivity contribution < 1.29 is 24.1 Å². The number of ketones is 1. The Bertz CT molecular complexity index is 629. The molecule has 0 aliphatic heterocycles. The van der Waals surface area contributed by atoms with Gasteiger partial charge in [-0.15, -0.1) is 0 Å². The summed E-state index contributed by atoms with van der Waals surface area (Å²) in [4.78, 5) is 58.7. The van der Waals surface area contributed by atoms with Crippen LogP contribution in [0, 0.1) is 0 Å². The Morgan fingerprint density at radius 2 is 1.16 bits per heavy atom. The fourth-order valence-electron chi connectivity index (χ4n) is 4.48. The SMILES string of the molecule is CCCCCCCCCCCCCCCCC(=O)CC(CC(=O)P(O)C(=O)CCCCNC)NC(C)=O. The molecule has 7 nitrogen and oxygen atoms in total. The third-order valence-corrected chi connectivity index (χ3v) is 8.00. The molecule has 0 fully saturated rings. The van der Waals surface area contributed by atoms with E-state index in [9.17, 15) is 24.1 Å². The first kappa shape index (κ1) is 35.8. The first-order valence-electron chi connectivity index (χ1n) is 14.8. The molecular formula is C29H55N2O5P. The van der Waals surface area contributed by atoms with E-state index < -0.39 is 25.2 Å². The average molecular weight is 543 g/mol. The minimum Gasteiger partial charge on any atom is -0.360 e. The summed E-state index contributed by atoms with van der Waals surface area (Å²) in [5, 5.41) is 5.64. The lowest BCUT2D eigenvalue weighted by molar-refractivity contribution is -0.122. The zero-order valence-electron chi connectivity index (χ0n) is 24.0. The van der Waals surface area contributed by atoms with Gasteiger partial charge in [-0.2, -0.15) is 0 Å². The Morgan fingerprint density at radius 3 is 1.65 bits per heavy atom. The molecule has 2 unspecified atom stereocenters. The lowest BCUT2D eigenvalue weighted by atomic mass is 10.0. The Kier molecular flexibility index (Phi) is 24.3. The number of nitrogens with one attached hydrogen (secondary N) is 2. The van der Waals surface area contributed by atoms with Gasteiger partial charge in [0.1, 0.15) is 5.78 Å². The molecule has 37 heavy (non-hydrogen) atoms. The molecule has 8 heteroatoms. The van der Waals surface area contributed by atoms with Crippen LogP contribution in [0.25, 0.3) is 0 Å². The van der Waals surface area contributed by atoms with E-state index in [0.717, 1.165) is 32.2 Å². The van der Waals surface area contributed by atoms with E-state index in [-0.39, 0.29) is 31.0 Å². The lowest BCUT2D eigenvalue weighted by Crippen LogP contribution is -2.36. The van der Waals surface area contributed by atoms with Crippen molar-refractivity contribution in [2.24, 2.45) is 0 Å². The van der Waals surface area contributed by atoms with E-state index in [2.05, 4.69) is 17.6 Å². The van der Waals surface area contributed by atoms with Crippen LogP contribution in [0.15, 0.2) is 0 Å². The van der Waals surface area contributed by atoms with Crippen LogP contribution in [0.5, 0.6) is 0 Å². The van der Waals surface area contributed by atoms with Crippen molar-refractivity contribution in [2.75, 3.05) is 13.6 Å². The lowest BCUT2D eigenvalue weighted by Gasteiger charge is -2.18. The molecule has 0 aliphatic rings. The molecule has 2 atom stereocenters. The summed E-state index contributed by atoms with van der Waals surface area (Å²) in [6, 6.07) is -0.668. The van der Waals surface area contributed by atoms with Crippen molar-refractivity contribution in [3.8, 4) is 0 Å². The van der Waals surface area contributed by atoms with Crippen LogP contribution in [0.1, 0.15) is 142 Å². The maximum absolute atomic E-state index is 12.4. The Labute approximate surface area is 227 Å². The third kappa shape index (κ3) is 22.5. The highest BCUT2D eigenvalue weighted by Crippen LogP contribution is 2.36. The molecular weight excluding hydrogens is 487 g/mol. The average Bonchev–Trinajstić information content (AvgIpc) is 2.85. The Hall–Kier alpha value is -1.17. The topological polar surface area (TPSA) is 113 Å². The summed E-state index contributed by atoms with van der Waals surface area (Å²) >= 11 is 0. The van der Waals surface area contributed by atoms with Crippen LogP contribution in [0.2, 0.25) is 0 Å². The molecule has 0 aromatic rings. The summed E-state index contributed by atoms with van der Waals surface area (Å²) in [5.74, 6) is -0.325. The standard InChI is InChI=1S/C29H55N2O5P/c1-4-5-6-7-8-9-10-11-12-13-14-15-16-17-20-27(33)23-26(31-25(2)32)24-29(35)37(36)28(34)21-18-19-22-30-3/h26,30,36H,4-24H2,1-3H3,(H,31,32). The first-order valence-corrected chi connectivity index (χ1v) is 16.1. The number of unbranched alkanes of at least 4 members (excludes halogenated alkanes) is 14. The van der Waals surface area contributed by atoms with Gasteiger partial charge >= 0.3 is 0 Å². The van der Waals surface area contributed by atoms with Crippen LogP contribution in [0.4, 0.5) is 0 Å². The minimum atomic E-state index is -2.40. The molecule has 0 spiro atoms. The van der Waals surface area contributed by atoms with Crippen LogP contribution in [-0.2, 0) is 19.2 Å². The summed E-state index contributed by atoms with van der Waals surface area (Å²) < 4.78 is 0. The highest BCUT2D eigenvalue weighted by molar-refractivity contribution is 7.84. The fraction of sp³-hybridized carbons (Fsp3) is 0.862.